The van der Waals surface area contributed by atoms with Crippen LogP contribution in [0.4, 0.5) is 14.5 Å². The first-order chi connectivity index (χ1) is 12.2. The molecule has 3 N–H and O–H groups in total. The molecule has 0 spiro atoms. The van der Waals surface area contributed by atoms with Gasteiger partial charge in [-0.25, -0.2) is 13.3 Å². The van der Waals surface area contributed by atoms with Crippen molar-refractivity contribution < 1.29 is 13.6 Å². The van der Waals surface area contributed by atoms with Crippen LogP contribution in [0.25, 0.3) is 16.6 Å². The molecule has 0 fully saturated rings. The van der Waals surface area contributed by atoms with E-state index < -0.39 is 23.4 Å². The van der Waals surface area contributed by atoms with Gasteiger partial charge in [0.15, 0.2) is 0 Å². The molecule has 136 valence electrons. The predicted octanol–water partition coefficient (Wildman–Crippen LogP) is 3.18. The van der Waals surface area contributed by atoms with Gasteiger partial charge in [-0.05, 0) is 32.9 Å². The van der Waals surface area contributed by atoms with Crippen LogP contribution in [0.2, 0.25) is 0 Å². The number of carbonyl (C=O) groups excluding carboxylic acids is 1. The summed E-state index contributed by atoms with van der Waals surface area (Å²) in [5, 5.41) is 7.19. The highest BCUT2D eigenvalue weighted by atomic mass is 19.1. The lowest BCUT2D eigenvalue weighted by Gasteiger charge is -2.26. The second-order valence-corrected chi connectivity index (χ2v) is 6.68. The van der Waals surface area contributed by atoms with Crippen molar-refractivity contribution in [2.24, 2.45) is 5.73 Å². The molecule has 0 aliphatic heterocycles. The molecule has 6 nitrogen and oxygen atoms in total. The Kier molecular flexibility index (Phi) is 4.35. The molecule has 1 amide bonds. The number of halogens is 2. The number of nitrogens with two attached hydrogens (primary N) is 1. The maximum Gasteiger partial charge on any atom is 0.252 e. The van der Waals surface area contributed by atoms with E-state index >= 15 is 0 Å². The van der Waals surface area contributed by atoms with Crippen molar-refractivity contribution >= 4 is 17.1 Å². The molecule has 0 aliphatic rings. The van der Waals surface area contributed by atoms with Gasteiger partial charge in [-0.1, -0.05) is 0 Å². The van der Waals surface area contributed by atoms with Gasteiger partial charge in [0.05, 0.1) is 35.2 Å². The minimum atomic E-state index is -1.53. The summed E-state index contributed by atoms with van der Waals surface area (Å²) in [5.41, 5.74) is 6.18. The second-order valence-electron chi connectivity index (χ2n) is 6.68. The third-order valence-electron chi connectivity index (χ3n) is 4.33. The van der Waals surface area contributed by atoms with Crippen molar-refractivity contribution in [1.82, 2.24) is 14.6 Å². The predicted molar refractivity (Wildman–Crippen MR) is 95.2 cm³/mol. The van der Waals surface area contributed by atoms with Gasteiger partial charge in [0.1, 0.15) is 11.5 Å². The minimum absolute atomic E-state index is 0.149. The lowest BCUT2D eigenvalue weighted by Crippen LogP contribution is -2.36. The summed E-state index contributed by atoms with van der Waals surface area (Å²) in [6.45, 7) is 4.55. The normalized spacial score (nSPS) is 13.0. The van der Waals surface area contributed by atoms with Crippen LogP contribution in [0.15, 0.2) is 36.9 Å². The third kappa shape index (κ3) is 3.35. The average molecular weight is 359 g/mol. The fourth-order valence-corrected chi connectivity index (χ4v) is 2.51. The highest BCUT2D eigenvalue weighted by Crippen LogP contribution is 2.30. The van der Waals surface area contributed by atoms with E-state index in [1.54, 1.807) is 19.2 Å². The number of nitrogens with one attached hydrogen (secondary N) is 1. The van der Waals surface area contributed by atoms with Crippen molar-refractivity contribution in [2.45, 2.75) is 32.5 Å². The van der Waals surface area contributed by atoms with E-state index in [-0.39, 0.29) is 5.56 Å². The lowest BCUT2D eigenvalue weighted by molar-refractivity contribution is 0.1000. The quantitative estimate of drug-likeness (QED) is 0.733. The van der Waals surface area contributed by atoms with Crippen LogP contribution >= 0.6 is 0 Å². The van der Waals surface area contributed by atoms with Crippen molar-refractivity contribution in [3.8, 4) is 11.1 Å². The van der Waals surface area contributed by atoms with Gasteiger partial charge >= 0.3 is 0 Å². The monoisotopic (exact) mass is 359 g/mol. The molecule has 1 unspecified atom stereocenters. The number of nitrogens with zero attached hydrogens (tertiary/aromatic N) is 3. The van der Waals surface area contributed by atoms with Gasteiger partial charge in [-0.3, -0.25) is 9.78 Å². The number of hydrogen-bond donors (Lipinski definition) is 2. The van der Waals surface area contributed by atoms with Crippen LogP contribution in [0.5, 0.6) is 0 Å². The van der Waals surface area contributed by atoms with Gasteiger partial charge in [0, 0.05) is 23.5 Å². The van der Waals surface area contributed by atoms with E-state index in [4.69, 9.17) is 5.73 Å². The summed E-state index contributed by atoms with van der Waals surface area (Å²) in [4.78, 5) is 15.6. The van der Waals surface area contributed by atoms with E-state index in [9.17, 15) is 13.6 Å². The maximum atomic E-state index is 14.3. The molecule has 8 heteroatoms. The number of primary amides is 1. The Balaban J connectivity index is 2.16. The zero-order valence-corrected chi connectivity index (χ0v) is 14.6. The van der Waals surface area contributed by atoms with E-state index in [0.29, 0.717) is 22.3 Å². The van der Waals surface area contributed by atoms with E-state index in [1.165, 1.54) is 36.8 Å². The largest absolute Gasteiger partial charge is 0.377 e. The third-order valence-corrected chi connectivity index (χ3v) is 4.33. The van der Waals surface area contributed by atoms with Crippen LogP contribution in [0.1, 0.15) is 31.1 Å². The fraction of sp³-hybridized carbons (Fsp3) is 0.278. The number of alkyl halides is 1. The summed E-state index contributed by atoms with van der Waals surface area (Å²) >= 11 is 0. The molecule has 0 radical (unpaired) electrons. The summed E-state index contributed by atoms with van der Waals surface area (Å²) in [7, 11) is 0. The van der Waals surface area contributed by atoms with Crippen LogP contribution < -0.4 is 11.1 Å². The Morgan fingerprint density at radius 2 is 2.00 bits per heavy atom. The summed E-state index contributed by atoms with van der Waals surface area (Å²) in [6, 6.07) is 2.47. The van der Waals surface area contributed by atoms with Crippen LogP contribution in [-0.4, -0.2) is 32.2 Å². The van der Waals surface area contributed by atoms with Crippen molar-refractivity contribution in [3.63, 3.8) is 0 Å². The first kappa shape index (κ1) is 17.8. The zero-order chi connectivity index (χ0) is 19.1. The molecule has 3 aromatic heterocycles. The van der Waals surface area contributed by atoms with Crippen molar-refractivity contribution in [2.75, 3.05) is 5.32 Å². The van der Waals surface area contributed by atoms with Gasteiger partial charge in [-0.15, -0.1) is 0 Å². The Morgan fingerprint density at radius 3 is 2.62 bits per heavy atom. The van der Waals surface area contributed by atoms with Gasteiger partial charge in [0.25, 0.3) is 5.91 Å². The summed E-state index contributed by atoms with van der Waals surface area (Å²) in [5.74, 6) is -1.14. The number of amides is 1. The van der Waals surface area contributed by atoms with Gasteiger partial charge in [-0.2, -0.15) is 5.10 Å². The Bertz CT molecular complexity index is 977. The van der Waals surface area contributed by atoms with E-state index in [1.807, 2.05) is 0 Å². The van der Waals surface area contributed by atoms with Crippen LogP contribution in [0.3, 0.4) is 0 Å². The molecule has 3 rings (SSSR count). The maximum absolute atomic E-state index is 14.3. The molecule has 0 aliphatic carbocycles. The second kappa shape index (κ2) is 6.36. The molecule has 0 saturated heterocycles. The van der Waals surface area contributed by atoms with Crippen molar-refractivity contribution in [1.29, 1.82) is 0 Å². The van der Waals surface area contributed by atoms with Crippen LogP contribution in [-0.2, 0) is 0 Å². The Hall–Kier alpha value is -3.03. The van der Waals surface area contributed by atoms with Crippen molar-refractivity contribution in [3.05, 3.63) is 48.3 Å². The van der Waals surface area contributed by atoms with Crippen LogP contribution in [0, 0.1) is 5.82 Å². The number of carbonyl (C=O) groups is 1. The topological polar surface area (TPSA) is 85.3 Å². The number of rotatable bonds is 5. The summed E-state index contributed by atoms with van der Waals surface area (Å²) < 4.78 is 29.2. The Labute approximate surface area is 149 Å². The zero-order valence-electron chi connectivity index (χ0n) is 14.6. The number of fused-ring (bicyclic) bond motifs is 1. The average Bonchev–Trinajstić information content (AvgIpc) is 2.98. The molecular formula is C18H19F2N5O. The molecule has 3 heterocycles. The fourth-order valence-electron chi connectivity index (χ4n) is 2.51. The molecule has 0 saturated carbocycles. The number of hydrogen-bond acceptors (Lipinski definition) is 4. The first-order valence-electron chi connectivity index (χ1n) is 8.04. The minimum Gasteiger partial charge on any atom is -0.377 e. The van der Waals surface area contributed by atoms with Gasteiger partial charge in [0.2, 0.25) is 0 Å². The lowest BCUT2D eigenvalue weighted by atomic mass is 10.0. The number of aromatic nitrogens is 3. The smallest absolute Gasteiger partial charge is 0.252 e. The SMILES string of the molecule is CC(Nc1c(C(N)=O)cnn2cc(-c3cncc(F)c3)cc12)C(C)(C)F. The highest BCUT2D eigenvalue weighted by molar-refractivity contribution is 6.02. The molecule has 1 atom stereocenters. The highest BCUT2D eigenvalue weighted by Gasteiger charge is 2.27. The first-order valence-corrected chi connectivity index (χ1v) is 8.04. The molecule has 0 bridgehead atoms. The molecular weight excluding hydrogens is 340 g/mol. The van der Waals surface area contributed by atoms with E-state index in [2.05, 4.69) is 15.4 Å². The van der Waals surface area contributed by atoms with E-state index in [0.717, 1.165) is 6.20 Å². The molecule has 26 heavy (non-hydrogen) atoms. The number of anilines is 1. The standard InChI is InChI=1S/C18H19F2N5O/c1-10(18(2,3)20)24-16-14(17(21)26)8-23-25-9-12(5-15(16)25)11-4-13(19)7-22-6-11/h4-10,24H,1-3H3,(H2,21,26). The Morgan fingerprint density at radius 1 is 1.27 bits per heavy atom. The number of pyridine rings is 1. The summed E-state index contributed by atoms with van der Waals surface area (Å²) in [6.07, 6.45) is 5.63. The van der Waals surface area contributed by atoms with Gasteiger partial charge < -0.3 is 11.1 Å². The molecule has 3 aromatic rings. The molecule has 0 aromatic carbocycles.